The van der Waals surface area contributed by atoms with Crippen LogP contribution in [0.5, 0.6) is 5.75 Å². The first-order valence-electron chi connectivity index (χ1n) is 15.1. The number of rotatable bonds is 34. The fraction of sp³-hybridized carbons (Fsp3) is 0.800. The minimum Gasteiger partial charge on any atom is -0.489 e. The highest BCUT2D eigenvalue weighted by atomic mass is 127. The SMILES string of the molecule is Nc1ccccc1OCCOCCOCCOCCOCCOCCOCCOCCOCCOCCCCCCI. The molecule has 42 heavy (non-hydrogen) atoms. The van der Waals surface area contributed by atoms with Crippen molar-refractivity contribution >= 4 is 28.3 Å². The molecule has 0 amide bonds. The molecule has 1 rings (SSSR count). The highest BCUT2D eigenvalue weighted by Gasteiger charge is 1.99. The van der Waals surface area contributed by atoms with E-state index in [-0.39, 0.29) is 0 Å². The number of benzene rings is 1. The first-order chi connectivity index (χ1) is 20.8. The highest BCUT2D eigenvalue weighted by molar-refractivity contribution is 14.1. The summed E-state index contributed by atoms with van der Waals surface area (Å²) in [5.41, 5.74) is 6.44. The summed E-state index contributed by atoms with van der Waals surface area (Å²) < 4.78 is 56.2. The summed E-state index contributed by atoms with van der Waals surface area (Å²) in [6.45, 7) is 10.4. The number of nitrogens with two attached hydrogens (primary N) is 1. The quantitative estimate of drug-likeness (QED) is 0.0486. The van der Waals surface area contributed by atoms with Crippen LogP contribution < -0.4 is 10.5 Å². The Morgan fingerprint density at radius 3 is 1.12 bits per heavy atom. The minimum absolute atomic E-state index is 0.443. The Morgan fingerprint density at radius 1 is 0.405 bits per heavy atom. The number of unbranched alkanes of at least 4 members (excludes halogenated alkanes) is 3. The van der Waals surface area contributed by atoms with Crippen LogP contribution in [0, 0.1) is 0 Å². The second kappa shape index (κ2) is 33.1. The zero-order valence-electron chi connectivity index (χ0n) is 25.3. The summed E-state index contributed by atoms with van der Waals surface area (Å²) in [7, 11) is 0. The van der Waals surface area contributed by atoms with Gasteiger partial charge in [-0.1, -0.05) is 47.6 Å². The van der Waals surface area contributed by atoms with E-state index in [4.69, 9.17) is 53.1 Å². The number of halogens is 1. The van der Waals surface area contributed by atoms with Gasteiger partial charge in [-0.15, -0.1) is 0 Å². The first-order valence-corrected chi connectivity index (χ1v) is 16.6. The van der Waals surface area contributed by atoms with Gasteiger partial charge in [0.25, 0.3) is 0 Å². The number of ether oxygens (including phenoxy) is 10. The van der Waals surface area contributed by atoms with Gasteiger partial charge in [0.15, 0.2) is 0 Å². The lowest BCUT2D eigenvalue weighted by Crippen LogP contribution is -2.15. The third-order valence-electron chi connectivity index (χ3n) is 5.55. The molecule has 246 valence electrons. The van der Waals surface area contributed by atoms with E-state index in [0.717, 1.165) is 13.0 Å². The van der Waals surface area contributed by atoms with Crippen LogP contribution in [0.4, 0.5) is 5.69 Å². The summed E-state index contributed by atoms with van der Waals surface area (Å²) in [4.78, 5) is 0. The maximum atomic E-state index is 5.82. The van der Waals surface area contributed by atoms with Crippen LogP contribution in [-0.2, 0) is 42.6 Å². The lowest BCUT2D eigenvalue weighted by atomic mass is 10.2. The molecule has 0 atom stereocenters. The maximum absolute atomic E-state index is 5.82. The van der Waals surface area contributed by atoms with Gasteiger partial charge in [0.2, 0.25) is 0 Å². The lowest BCUT2D eigenvalue weighted by molar-refractivity contribution is -0.0254. The van der Waals surface area contributed by atoms with Crippen molar-refractivity contribution in [2.75, 3.05) is 136 Å². The van der Waals surface area contributed by atoms with Gasteiger partial charge >= 0.3 is 0 Å². The van der Waals surface area contributed by atoms with E-state index in [1.165, 1.54) is 23.7 Å². The summed E-state index contributed by atoms with van der Waals surface area (Å²) in [6.07, 6.45) is 4.98. The fourth-order valence-corrected chi connectivity index (χ4v) is 3.88. The van der Waals surface area contributed by atoms with Crippen molar-refractivity contribution < 1.29 is 47.4 Å². The monoisotopic (exact) mass is 715 g/mol. The smallest absolute Gasteiger partial charge is 0.142 e. The molecule has 0 aliphatic carbocycles. The number of para-hydroxylation sites is 2. The predicted molar refractivity (Wildman–Crippen MR) is 171 cm³/mol. The van der Waals surface area contributed by atoms with Crippen LogP contribution in [0.15, 0.2) is 24.3 Å². The lowest BCUT2D eigenvalue weighted by Gasteiger charge is -2.09. The van der Waals surface area contributed by atoms with Crippen molar-refractivity contribution in [1.29, 1.82) is 0 Å². The molecule has 0 aromatic heterocycles. The van der Waals surface area contributed by atoms with E-state index >= 15 is 0 Å². The van der Waals surface area contributed by atoms with E-state index in [0.29, 0.717) is 130 Å². The Bertz CT molecular complexity index is 677. The van der Waals surface area contributed by atoms with Gasteiger partial charge in [0, 0.05) is 6.61 Å². The van der Waals surface area contributed by atoms with Crippen LogP contribution in [0.1, 0.15) is 25.7 Å². The van der Waals surface area contributed by atoms with Gasteiger partial charge in [0.05, 0.1) is 118 Å². The molecular weight excluding hydrogens is 661 g/mol. The van der Waals surface area contributed by atoms with Gasteiger partial charge in [-0.3, -0.25) is 0 Å². The Kier molecular flexibility index (Phi) is 30.9. The van der Waals surface area contributed by atoms with Crippen molar-refractivity contribution in [3.63, 3.8) is 0 Å². The van der Waals surface area contributed by atoms with E-state index in [1.807, 2.05) is 18.2 Å². The molecule has 0 aliphatic heterocycles. The number of hydrogen-bond acceptors (Lipinski definition) is 11. The van der Waals surface area contributed by atoms with E-state index in [9.17, 15) is 0 Å². The average Bonchev–Trinajstić information content (AvgIpc) is 3.00. The third kappa shape index (κ3) is 28.0. The van der Waals surface area contributed by atoms with E-state index in [1.54, 1.807) is 6.07 Å². The Hall–Kier alpha value is -0.810. The van der Waals surface area contributed by atoms with Crippen LogP contribution in [0.2, 0.25) is 0 Å². The molecular formula is C30H54INO10. The van der Waals surface area contributed by atoms with Gasteiger partial charge in [-0.2, -0.15) is 0 Å². The molecule has 0 spiro atoms. The normalized spacial score (nSPS) is 11.4. The maximum Gasteiger partial charge on any atom is 0.142 e. The molecule has 1 aromatic carbocycles. The van der Waals surface area contributed by atoms with Crippen molar-refractivity contribution in [3.8, 4) is 5.75 Å². The molecule has 0 fully saturated rings. The summed E-state index contributed by atoms with van der Waals surface area (Å²) in [6, 6.07) is 7.39. The van der Waals surface area contributed by atoms with Crippen molar-refractivity contribution in [2.45, 2.75) is 25.7 Å². The zero-order valence-corrected chi connectivity index (χ0v) is 27.5. The number of nitrogen functional groups attached to an aromatic ring is 1. The molecule has 12 heteroatoms. The number of hydrogen-bond donors (Lipinski definition) is 1. The standard InChI is InChI=1S/C30H54INO10/c31-9-5-1-2-6-10-33-11-12-34-13-14-35-15-16-36-17-18-37-19-20-38-21-22-39-23-24-40-25-26-41-27-28-42-30-8-4-3-7-29(30)32/h3-4,7-8H,1-2,5-6,9-28,32H2. The second-order valence-corrected chi connectivity index (χ2v) is 10.1. The molecule has 0 saturated carbocycles. The van der Waals surface area contributed by atoms with Gasteiger partial charge in [-0.05, 0) is 29.4 Å². The largest absolute Gasteiger partial charge is 0.489 e. The van der Waals surface area contributed by atoms with Gasteiger partial charge < -0.3 is 53.1 Å². The molecule has 0 saturated heterocycles. The van der Waals surface area contributed by atoms with Crippen LogP contribution in [0.25, 0.3) is 0 Å². The van der Waals surface area contributed by atoms with Crippen LogP contribution >= 0.6 is 22.6 Å². The summed E-state index contributed by atoms with van der Waals surface area (Å²) in [5, 5.41) is 0. The zero-order chi connectivity index (χ0) is 30.0. The number of alkyl halides is 1. The molecule has 1 aromatic rings. The molecule has 0 unspecified atom stereocenters. The van der Waals surface area contributed by atoms with Crippen molar-refractivity contribution in [1.82, 2.24) is 0 Å². The molecule has 0 radical (unpaired) electrons. The Labute approximate surface area is 266 Å². The van der Waals surface area contributed by atoms with Crippen LogP contribution in [-0.4, -0.2) is 130 Å². The first kappa shape index (κ1) is 39.2. The van der Waals surface area contributed by atoms with Gasteiger partial charge in [0.1, 0.15) is 12.4 Å². The average molecular weight is 716 g/mol. The molecule has 11 nitrogen and oxygen atoms in total. The Balaban J connectivity index is 1.63. The molecule has 2 N–H and O–H groups in total. The molecule has 0 aliphatic rings. The van der Waals surface area contributed by atoms with Gasteiger partial charge in [-0.25, -0.2) is 0 Å². The van der Waals surface area contributed by atoms with Crippen molar-refractivity contribution in [3.05, 3.63) is 24.3 Å². The highest BCUT2D eigenvalue weighted by Crippen LogP contribution is 2.19. The molecule has 0 bridgehead atoms. The van der Waals surface area contributed by atoms with E-state index < -0.39 is 0 Å². The fourth-order valence-electron chi connectivity index (χ4n) is 3.34. The third-order valence-corrected chi connectivity index (χ3v) is 6.32. The number of anilines is 1. The molecule has 0 heterocycles. The minimum atomic E-state index is 0.443. The summed E-state index contributed by atoms with van der Waals surface area (Å²) >= 11 is 2.42. The topological polar surface area (TPSA) is 118 Å². The Morgan fingerprint density at radius 2 is 0.738 bits per heavy atom. The summed E-state index contributed by atoms with van der Waals surface area (Å²) in [5.74, 6) is 0.673. The van der Waals surface area contributed by atoms with E-state index in [2.05, 4.69) is 22.6 Å². The van der Waals surface area contributed by atoms with Crippen LogP contribution in [0.3, 0.4) is 0 Å². The predicted octanol–water partition coefficient (Wildman–Crippen LogP) is 3.79. The van der Waals surface area contributed by atoms with Crippen molar-refractivity contribution in [2.24, 2.45) is 0 Å². The second-order valence-electron chi connectivity index (χ2n) is 9.00.